The van der Waals surface area contributed by atoms with Gasteiger partial charge in [0.25, 0.3) is 0 Å². The molecule has 0 radical (unpaired) electrons. The van der Waals surface area contributed by atoms with Crippen LogP contribution in [0.25, 0.3) is 10.4 Å². The molecular weight excluding hydrogens is 356 g/mol. The maximum atomic E-state index is 11.8. The van der Waals surface area contributed by atoms with Crippen LogP contribution < -0.4 is 5.73 Å². The summed E-state index contributed by atoms with van der Waals surface area (Å²) in [5.74, 6) is 1.05. The Morgan fingerprint density at radius 2 is 2.17 bits per heavy atom. The highest BCUT2D eigenvalue weighted by atomic mass is 32.2. The largest absolute Gasteiger partial charge is 0.379 e. The molecule has 1 spiro atoms. The van der Waals surface area contributed by atoms with Crippen LogP contribution in [0.1, 0.15) is 29.7 Å². The SMILES string of the molecule is CS(=O)c1cccc(-c2cc3c(s2)CCCC32CCSC(N)=N2)c1. The lowest BCUT2D eigenvalue weighted by molar-refractivity contribution is 0.368. The van der Waals surface area contributed by atoms with Crippen LogP contribution in [0.2, 0.25) is 0 Å². The van der Waals surface area contributed by atoms with E-state index in [1.54, 1.807) is 18.0 Å². The summed E-state index contributed by atoms with van der Waals surface area (Å²) in [6.07, 6.45) is 6.19. The van der Waals surface area contributed by atoms with Crippen LogP contribution in [0, 0.1) is 0 Å². The third-order valence-electron chi connectivity index (χ3n) is 4.84. The molecule has 1 aromatic heterocycles. The maximum absolute atomic E-state index is 11.8. The molecule has 3 nitrogen and oxygen atoms in total. The number of nitrogens with two attached hydrogens (primary N) is 1. The van der Waals surface area contributed by atoms with Crippen molar-refractivity contribution in [1.29, 1.82) is 0 Å². The van der Waals surface area contributed by atoms with Gasteiger partial charge in [0.15, 0.2) is 5.17 Å². The number of aryl methyl sites for hydroxylation is 1. The molecule has 24 heavy (non-hydrogen) atoms. The van der Waals surface area contributed by atoms with Crippen LogP contribution in [0.3, 0.4) is 0 Å². The van der Waals surface area contributed by atoms with Crippen molar-refractivity contribution in [3.05, 3.63) is 40.8 Å². The van der Waals surface area contributed by atoms with E-state index in [4.69, 9.17) is 10.7 Å². The second kappa shape index (κ2) is 6.32. The quantitative estimate of drug-likeness (QED) is 0.857. The summed E-state index contributed by atoms with van der Waals surface area (Å²) >= 11 is 3.53. The van der Waals surface area contributed by atoms with Crippen molar-refractivity contribution in [1.82, 2.24) is 0 Å². The molecule has 0 bridgehead atoms. The average Bonchev–Trinajstić information content (AvgIpc) is 3.01. The zero-order chi connectivity index (χ0) is 16.7. The minimum Gasteiger partial charge on any atom is -0.379 e. The van der Waals surface area contributed by atoms with Crippen LogP contribution in [-0.2, 0) is 22.8 Å². The topological polar surface area (TPSA) is 55.5 Å². The molecule has 2 heterocycles. The summed E-state index contributed by atoms with van der Waals surface area (Å²) < 4.78 is 11.8. The van der Waals surface area contributed by atoms with E-state index in [9.17, 15) is 4.21 Å². The Hall–Kier alpha value is -1.11. The molecule has 6 heteroatoms. The van der Waals surface area contributed by atoms with Crippen LogP contribution >= 0.6 is 23.1 Å². The fourth-order valence-corrected chi connectivity index (χ4v) is 6.40. The van der Waals surface area contributed by atoms with Crippen molar-refractivity contribution in [3.63, 3.8) is 0 Å². The summed E-state index contributed by atoms with van der Waals surface area (Å²) in [5, 5.41) is 0.727. The molecule has 2 aromatic rings. The summed E-state index contributed by atoms with van der Waals surface area (Å²) in [7, 11) is -0.955. The number of fused-ring (bicyclic) bond motifs is 2. The Kier molecular flexibility index (Phi) is 4.31. The van der Waals surface area contributed by atoms with E-state index in [1.165, 1.54) is 21.7 Å². The first kappa shape index (κ1) is 16.4. The third kappa shape index (κ3) is 2.85. The maximum Gasteiger partial charge on any atom is 0.154 e. The number of rotatable bonds is 2. The van der Waals surface area contributed by atoms with Crippen LogP contribution in [0.4, 0.5) is 0 Å². The monoisotopic (exact) mass is 376 g/mol. The molecule has 0 saturated carbocycles. The third-order valence-corrected chi connectivity index (χ3v) is 7.80. The lowest BCUT2D eigenvalue weighted by Crippen LogP contribution is -2.34. The molecule has 0 saturated heterocycles. The second-order valence-electron chi connectivity index (χ2n) is 6.36. The van der Waals surface area contributed by atoms with E-state index in [2.05, 4.69) is 18.2 Å². The van der Waals surface area contributed by atoms with Gasteiger partial charge in [-0.2, -0.15) is 0 Å². The van der Waals surface area contributed by atoms with E-state index in [0.717, 1.165) is 40.6 Å². The van der Waals surface area contributed by atoms with Gasteiger partial charge in [0, 0.05) is 37.5 Å². The first-order valence-electron chi connectivity index (χ1n) is 8.13. The highest BCUT2D eigenvalue weighted by Crippen LogP contribution is 2.48. The van der Waals surface area contributed by atoms with Gasteiger partial charge in [0.2, 0.25) is 0 Å². The molecular formula is C18H20N2OS3. The Labute approximate surface area is 153 Å². The molecule has 2 aliphatic rings. The van der Waals surface area contributed by atoms with E-state index in [1.807, 2.05) is 23.5 Å². The normalized spacial score (nSPS) is 24.5. The van der Waals surface area contributed by atoms with Gasteiger partial charge in [-0.15, -0.1) is 11.3 Å². The summed E-state index contributed by atoms with van der Waals surface area (Å²) in [6.45, 7) is 0. The molecule has 2 N–H and O–H groups in total. The number of thiophene rings is 1. The molecule has 1 aliphatic carbocycles. The Balaban J connectivity index is 1.79. The van der Waals surface area contributed by atoms with Crippen molar-refractivity contribution in [2.24, 2.45) is 10.7 Å². The number of thioether (sulfide) groups is 1. The Morgan fingerprint density at radius 3 is 2.96 bits per heavy atom. The number of amidine groups is 1. The van der Waals surface area contributed by atoms with Gasteiger partial charge in [0.05, 0.1) is 5.54 Å². The summed E-state index contributed by atoms with van der Waals surface area (Å²) in [4.78, 5) is 8.46. The number of aliphatic imine (C=N–C) groups is 1. The Morgan fingerprint density at radius 1 is 1.29 bits per heavy atom. The van der Waals surface area contributed by atoms with Gasteiger partial charge in [0.1, 0.15) is 0 Å². The predicted octanol–water partition coefficient (Wildman–Crippen LogP) is 4.14. The first-order valence-corrected chi connectivity index (χ1v) is 11.5. The van der Waals surface area contributed by atoms with Crippen LogP contribution in [0.15, 0.2) is 40.2 Å². The van der Waals surface area contributed by atoms with E-state index in [0.29, 0.717) is 0 Å². The van der Waals surface area contributed by atoms with Crippen LogP contribution in [-0.4, -0.2) is 21.4 Å². The summed E-state index contributed by atoms with van der Waals surface area (Å²) in [5.41, 5.74) is 8.47. The Bertz CT molecular complexity index is 843. The van der Waals surface area contributed by atoms with E-state index >= 15 is 0 Å². The van der Waals surface area contributed by atoms with Crippen LogP contribution in [0.5, 0.6) is 0 Å². The van der Waals surface area contributed by atoms with Gasteiger partial charge in [-0.3, -0.25) is 9.20 Å². The molecule has 1 aromatic carbocycles. The van der Waals surface area contributed by atoms with Gasteiger partial charge < -0.3 is 5.73 Å². The van der Waals surface area contributed by atoms with Gasteiger partial charge >= 0.3 is 0 Å². The number of hydrogen-bond acceptors (Lipinski definition) is 5. The zero-order valence-corrected chi connectivity index (χ0v) is 16.0. The fraction of sp³-hybridized carbons (Fsp3) is 0.389. The molecule has 0 fully saturated rings. The van der Waals surface area contributed by atoms with Crippen molar-refractivity contribution < 1.29 is 4.21 Å². The molecule has 1 aliphatic heterocycles. The standard InChI is InChI=1S/C18H20N2OS3/c1-24(21)13-5-2-4-12(10-13)16-11-14-15(23-16)6-3-7-18(14)8-9-22-17(19)20-18/h2,4-5,10-11H,3,6-9H2,1H3,(H2,19,20). The van der Waals surface area contributed by atoms with E-state index < -0.39 is 10.8 Å². The minimum atomic E-state index is -0.955. The molecule has 2 unspecified atom stereocenters. The van der Waals surface area contributed by atoms with Crippen molar-refractivity contribution in [3.8, 4) is 10.4 Å². The molecule has 0 amide bonds. The summed E-state index contributed by atoms with van der Waals surface area (Å²) in [6, 6.07) is 10.4. The highest BCUT2D eigenvalue weighted by molar-refractivity contribution is 8.13. The first-order chi connectivity index (χ1) is 11.6. The predicted molar refractivity (Wildman–Crippen MR) is 105 cm³/mol. The second-order valence-corrected chi connectivity index (χ2v) is 9.99. The van der Waals surface area contributed by atoms with Crippen molar-refractivity contribution in [2.75, 3.05) is 12.0 Å². The lowest BCUT2D eigenvalue weighted by Gasteiger charge is -2.36. The fourth-order valence-electron chi connectivity index (χ4n) is 3.65. The zero-order valence-electron chi connectivity index (χ0n) is 13.6. The molecule has 4 rings (SSSR count). The minimum absolute atomic E-state index is 0.108. The molecule has 2 atom stereocenters. The van der Waals surface area contributed by atoms with Crippen molar-refractivity contribution in [2.45, 2.75) is 36.1 Å². The number of hydrogen-bond donors (Lipinski definition) is 1. The van der Waals surface area contributed by atoms with Gasteiger partial charge in [-0.05, 0) is 55.0 Å². The number of benzene rings is 1. The van der Waals surface area contributed by atoms with Gasteiger partial charge in [-0.1, -0.05) is 23.9 Å². The number of nitrogens with zero attached hydrogens (tertiary/aromatic N) is 1. The smallest absolute Gasteiger partial charge is 0.154 e. The highest BCUT2D eigenvalue weighted by Gasteiger charge is 2.39. The lowest BCUT2D eigenvalue weighted by atomic mass is 9.78. The van der Waals surface area contributed by atoms with Gasteiger partial charge in [-0.25, -0.2) is 0 Å². The molecule has 126 valence electrons. The van der Waals surface area contributed by atoms with E-state index in [-0.39, 0.29) is 5.54 Å². The van der Waals surface area contributed by atoms with Crippen molar-refractivity contribution >= 4 is 39.1 Å². The average molecular weight is 377 g/mol.